The SMILES string of the molecule is OCC(O)C(c1ccccc1)c1ccccc1. The number of hydrogen-bond acceptors (Lipinski definition) is 2. The Morgan fingerprint density at radius 3 is 1.53 bits per heavy atom. The zero-order valence-electron chi connectivity index (χ0n) is 9.53. The van der Waals surface area contributed by atoms with Gasteiger partial charge in [-0.2, -0.15) is 0 Å². The Morgan fingerprint density at radius 1 is 0.765 bits per heavy atom. The molecular weight excluding hydrogens is 212 g/mol. The van der Waals surface area contributed by atoms with Crippen molar-refractivity contribution in [3.63, 3.8) is 0 Å². The molecule has 2 rings (SSSR count). The van der Waals surface area contributed by atoms with Gasteiger partial charge in [0.15, 0.2) is 0 Å². The van der Waals surface area contributed by atoms with E-state index in [1.54, 1.807) is 0 Å². The van der Waals surface area contributed by atoms with Crippen LogP contribution in [-0.4, -0.2) is 22.9 Å². The third-order valence-electron chi connectivity index (χ3n) is 2.89. The first-order valence-corrected chi connectivity index (χ1v) is 5.71. The molecule has 0 spiro atoms. The Balaban J connectivity index is 2.39. The maximum atomic E-state index is 9.97. The van der Waals surface area contributed by atoms with Gasteiger partial charge in [-0.25, -0.2) is 0 Å². The Kier molecular flexibility index (Phi) is 3.91. The molecule has 0 fully saturated rings. The number of hydrogen-bond donors (Lipinski definition) is 2. The van der Waals surface area contributed by atoms with E-state index in [0.29, 0.717) is 0 Å². The number of rotatable bonds is 4. The van der Waals surface area contributed by atoms with Gasteiger partial charge in [-0.05, 0) is 11.1 Å². The van der Waals surface area contributed by atoms with Gasteiger partial charge in [-0.15, -0.1) is 0 Å². The first-order chi connectivity index (χ1) is 8.33. The van der Waals surface area contributed by atoms with Crippen LogP contribution in [-0.2, 0) is 0 Å². The Bertz CT molecular complexity index is 399. The Hall–Kier alpha value is -1.64. The minimum absolute atomic E-state index is 0.178. The predicted octanol–water partition coefficient (Wildman–Crippen LogP) is 2.17. The summed E-state index contributed by atoms with van der Waals surface area (Å²) in [6.45, 7) is -0.242. The molecular formula is C15H16O2. The van der Waals surface area contributed by atoms with Crippen LogP contribution >= 0.6 is 0 Å². The van der Waals surface area contributed by atoms with Crippen molar-refractivity contribution in [1.82, 2.24) is 0 Å². The van der Waals surface area contributed by atoms with Crippen LogP contribution in [0.2, 0.25) is 0 Å². The van der Waals surface area contributed by atoms with Gasteiger partial charge in [0.1, 0.15) is 0 Å². The van der Waals surface area contributed by atoms with Gasteiger partial charge in [-0.3, -0.25) is 0 Å². The zero-order valence-corrected chi connectivity index (χ0v) is 9.53. The molecule has 88 valence electrons. The molecule has 0 aliphatic heterocycles. The molecule has 1 atom stereocenters. The summed E-state index contributed by atoms with van der Waals surface area (Å²) in [5.74, 6) is -0.178. The molecule has 0 aliphatic rings. The molecule has 2 N–H and O–H groups in total. The van der Waals surface area contributed by atoms with Crippen LogP contribution in [0.3, 0.4) is 0 Å². The molecule has 1 unspecified atom stereocenters. The van der Waals surface area contributed by atoms with Crippen LogP contribution in [0.4, 0.5) is 0 Å². The molecule has 0 bridgehead atoms. The van der Waals surface area contributed by atoms with Crippen LogP contribution in [0, 0.1) is 0 Å². The third kappa shape index (κ3) is 2.73. The van der Waals surface area contributed by atoms with E-state index < -0.39 is 6.10 Å². The minimum atomic E-state index is -0.778. The fourth-order valence-corrected chi connectivity index (χ4v) is 2.06. The molecule has 17 heavy (non-hydrogen) atoms. The molecule has 0 heterocycles. The van der Waals surface area contributed by atoms with Crippen molar-refractivity contribution in [1.29, 1.82) is 0 Å². The number of aliphatic hydroxyl groups is 2. The van der Waals surface area contributed by atoms with Crippen LogP contribution in [0.1, 0.15) is 17.0 Å². The van der Waals surface area contributed by atoms with Crippen molar-refractivity contribution in [3.05, 3.63) is 71.8 Å². The lowest BCUT2D eigenvalue weighted by Crippen LogP contribution is -2.23. The molecule has 2 nitrogen and oxygen atoms in total. The van der Waals surface area contributed by atoms with Crippen LogP contribution in [0.5, 0.6) is 0 Å². The first kappa shape index (κ1) is 11.8. The Labute approximate surface area is 101 Å². The lowest BCUT2D eigenvalue weighted by Gasteiger charge is -2.22. The fourth-order valence-electron chi connectivity index (χ4n) is 2.06. The summed E-state index contributed by atoms with van der Waals surface area (Å²) in [5, 5.41) is 19.2. The summed E-state index contributed by atoms with van der Waals surface area (Å²) in [7, 11) is 0. The largest absolute Gasteiger partial charge is 0.394 e. The van der Waals surface area contributed by atoms with Crippen molar-refractivity contribution >= 4 is 0 Å². The van der Waals surface area contributed by atoms with Crippen LogP contribution < -0.4 is 0 Å². The summed E-state index contributed by atoms with van der Waals surface area (Å²) in [6.07, 6.45) is -0.778. The van der Waals surface area contributed by atoms with E-state index in [9.17, 15) is 10.2 Å². The predicted molar refractivity (Wildman–Crippen MR) is 67.8 cm³/mol. The van der Waals surface area contributed by atoms with Gasteiger partial charge >= 0.3 is 0 Å². The van der Waals surface area contributed by atoms with Crippen molar-refractivity contribution in [3.8, 4) is 0 Å². The summed E-state index contributed by atoms with van der Waals surface area (Å²) in [5.41, 5.74) is 2.03. The van der Waals surface area contributed by atoms with Crippen LogP contribution in [0.25, 0.3) is 0 Å². The van der Waals surface area contributed by atoms with Crippen molar-refractivity contribution in [2.24, 2.45) is 0 Å². The molecule has 0 aromatic heterocycles. The Morgan fingerprint density at radius 2 is 1.18 bits per heavy atom. The highest BCUT2D eigenvalue weighted by atomic mass is 16.3. The van der Waals surface area contributed by atoms with E-state index >= 15 is 0 Å². The minimum Gasteiger partial charge on any atom is -0.394 e. The molecule has 0 amide bonds. The van der Waals surface area contributed by atoms with Crippen molar-refractivity contribution in [2.45, 2.75) is 12.0 Å². The molecule has 0 aliphatic carbocycles. The second-order valence-electron chi connectivity index (χ2n) is 4.05. The van der Waals surface area contributed by atoms with Gasteiger partial charge < -0.3 is 10.2 Å². The van der Waals surface area contributed by atoms with Crippen molar-refractivity contribution < 1.29 is 10.2 Å². The molecule has 2 heteroatoms. The van der Waals surface area contributed by atoms with E-state index in [1.165, 1.54) is 0 Å². The average molecular weight is 228 g/mol. The highest BCUT2D eigenvalue weighted by Gasteiger charge is 2.21. The normalized spacial score (nSPS) is 12.6. The number of benzene rings is 2. The maximum absolute atomic E-state index is 9.97. The maximum Gasteiger partial charge on any atom is 0.0879 e. The van der Waals surface area contributed by atoms with Gasteiger partial charge in [0, 0.05) is 5.92 Å². The fraction of sp³-hybridized carbons (Fsp3) is 0.200. The standard InChI is InChI=1S/C15H16O2/c16-11-14(17)15(12-7-3-1-4-8-12)13-9-5-2-6-10-13/h1-10,14-17H,11H2. The summed E-state index contributed by atoms with van der Waals surface area (Å²) < 4.78 is 0. The number of aliphatic hydroxyl groups excluding tert-OH is 2. The lowest BCUT2D eigenvalue weighted by atomic mass is 9.87. The monoisotopic (exact) mass is 228 g/mol. The van der Waals surface area contributed by atoms with E-state index in [2.05, 4.69) is 0 Å². The third-order valence-corrected chi connectivity index (χ3v) is 2.89. The molecule has 0 radical (unpaired) electrons. The second kappa shape index (κ2) is 5.62. The second-order valence-corrected chi connectivity index (χ2v) is 4.05. The van der Waals surface area contributed by atoms with E-state index in [1.807, 2.05) is 60.7 Å². The highest BCUT2D eigenvalue weighted by Crippen LogP contribution is 2.27. The van der Waals surface area contributed by atoms with Gasteiger partial charge in [0.05, 0.1) is 12.7 Å². The first-order valence-electron chi connectivity index (χ1n) is 5.71. The quantitative estimate of drug-likeness (QED) is 0.842. The zero-order chi connectivity index (χ0) is 12.1. The topological polar surface area (TPSA) is 40.5 Å². The average Bonchev–Trinajstić information content (AvgIpc) is 2.41. The molecule has 2 aromatic carbocycles. The van der Waals surface area contributed by atoms with Gasteiger partial charge in [0.25, 0.3) is 0 Å². The summed E-state index contributed by atoms with van der Waals surface area (Å²) in [6, 6.07) is 19.5. The smallest absolute Gasteiger partial charge is 0.0879 e. The highest BCUT2D eigenvalue weighted by molar-refractivity contribution is 5.33. The lowest BCUT2D eigenvalue weighted by molar-refractivity contribution is 0.0823. The van der Waals surface area contributed by atoms with Crippen LogP contribution in [0.15, 0.2) is 60.7 Å². The molecule has 2 aromatic rings. The van der Waals surface area contributed by atoms with E-state index in [4.69, 9.17) is 0 Å². The molecule has 0 saturated carbocycles. The summed E-state index contributed by atoms with van der Waals surface area (Å²) in [4.78, 5) is 0. The van der Waals surface area contributed by atoms with Gasteiger partial charge in [-0.1, -0.05) is 60.7 Å². The van der Waals surface area contributed by atoms with E-state index in [0.717, 1.165) is 11.1 Å². The van der Waals surface area contributed by atoms with E-state index in [-0.39, 0.29) is 12.5 Å². The van der Waals surface area contributed by atoms with Crippen molar-refractivity contribution in [2.75, 3.05) is 6.61 Å². The molecule has 0 saturated heterocycles. The van der Waals surface area contributed by atoms with Gasteiger partial charge in [0.2, 0.25) is 0 Å². The summed E-state index contributed by atoms with van der Waals surface area (Å²) >= 11 is 0.